The van der Waals surface area contributed by atoms with Gasteiger partial charge in [-0.1, -0.05) is 6.92 Å². The average Bonchev–Trinajstić information content (AvgIpc) is 3.01. The van der Waals surface area contributed by atoms with Gasteiger partial charge in [0, 0.05) is 17.2 Å². The lowest BCUT2D eigenvalue weighted by Crippen LogP contribution is -2.17. The van der Waals surface area contributed by atoms with Gasteiger partial charge in [-0.05, 0) is 48.7 Å². The molecule has 1 amide bonds. The third kappa shape index (κ3) is 3.13. The van der Waals surface area contributed by atoms with Crippen LogP contribution < -0.4 is 11.2 Å². The first-order valence-electron chi connectivity index (χ1n) is 6.92. The molecule has 0 spiro atoms. The summed E-state index contributed by atoms with van der Waals surface area (Å²) in [5, 5.41) is 3.90. The van der Waals surface area contributed by atoms with Gasteiger partial charge in [0.1, 0.15) is 11.5 Å². The number of carbonyl (C=O) groups is 1. The van der Waals surface area contributed by atoms with Gasteiger partial charge >= 0.3 is 0 Å². The highest BCUT2D eigenvalue weighted by Crippen LogP contribution is 2.47. The number of carbonyl (C=O) groups excluding carboxylic acids is 1. The number of nitrogens with one attached hydrogen (secondary N) is 1. The van der Waals surface area contributed by atoms with E-state index in [0.717, 1.165) is 5.76 Å². The number of nitrogens with zero attached hydrogens (tertiary/aromatic N) is 1. The number of nitrogen functional groups attached to an aromatic ring is 1. The summed E-state index contributed by atoms with van der Waals surface area (Å²) in [6.45, 7) is 2.20. The number of nitrogens with two attached hydrogens (primary N) is 1. The Hall–Kier alpha value is -2.56. The normalized spacial score (nSPS) is 20.6. The molecule has 0 radical (unpaired) electrons. The smallest absolute Gasteiger partial charge is 0.271 e. The van der Waals surface area contributed by atoms with E-state index in [2.05, 4.69) is 17.5 Å². The third-order valence-electron chi connectivity index (χ3n) is 3.65. The summed E-state index contributed by atoms with van der Waals surface area (Å²) in [6, 6.07) is 10.5. The molecule has 2 atom stereocenters. The zero-order chi connectivity index (χ0) is 14.8. The molecule has 1 saturated carbocycles. The van der Waals surface area contributed by atoms with E-state index in [1.165, 1.54) is 12.6 Å². The Morgan fingerprint density at radius 1 is 1.33 bits per heavy atom. The van der Waals surface area contributed by atoms with E-state index in [-0.39, 0.29) is 5.91 Å². The monoisotopic (exact) mass is 283 g/mol. The van der Waals surface area contributed by atoms with Gasteiger partial charge in [0.25, 0.3) is 5.91 Å². The van der Waals surface area contributed by atoms with Gasteiger partial charge in [0.15, 0.2) is 0 Å². The molecule has 3 N–H and O–H groups in total. The molecule has 1 aliphatic carbocycles. The summed E-state index contributed by atoms with van der Waals surface area (Å²) < 4.78 is 5.66. The first kappa shape index (κ1) is 13.4. The van der Waals surface area contributed by atoms with Crippen LogP contribution in [-0.4, -0.2) is 12.1 Å². The highest BCUT2D eigenvalue weighted by atomic mass is 16.3. The molecule has 0 aliphatic heterocycles. The summed E-state index contributed by atoms with van der Waals surface area (Å²) >= 11 is 0. The molecule has 5 nitrogen and oxygen atoms in total. The van der Waals surface area contributed by atoms with Gasteiger partial charge in [-0.3, -0.25) is 4.79 Å². The van der Waals surface area contributed by atoms with E-state index in [1.807, 2.05) is 12.1 Å². The Morgan fingerprint density at radius 2 is 2.05 bits per heavy atom. The van der Waals surface area contributed by atoms with Crippen LogP contribution in [0.2, 0.25) is 0 Å². The molecular formula is C16H17N3O2. The minimum atomic E-state index is -0.283. The first-order valence-corrected chi connectivity index (χ1v) is 6.92. The second-order valence-electron chi connectivity index (χ2n) is 5.38. The maximum Gasteiger partial charge on any atom is 0.271 e. The van der Waals surface area contributed by atoms with Crippen molar-refractivity contribution in [3.63, 3.8) is 0 Å². The average molecular weight is 283 g/mol. The lowest BCUT2D eigenvalue weighted by atomic mass is 10.2. The maximum absolute atomic E-state index is 11.8. The van der Waals surface area contributed by atoms with Crippen LogP contribution in [0, 0.1) is 5.92 Å². The number of rotatable bonds is 4. The Bertz CT molecular complexity index is 673. The largest absolute Gasteiger partial charge is 0.460 e. The Morgan fingerprint density at radius 3 is 2.71 bits per heavy atom. The molecule has 108 valence electrons. The van der Waals surface area contributed by atoms with Gasteiger partial charge in [-0.2, -0.15) is 5.10 Å². The summed E-state index contributed by atoms with van der Waals surface area (Å²) in [4.78, 5) is 11.8. The van der Waals surface area contributed by atoms with Crippen LogP contribution in [0.5, 0.6) is 0 Å². The Balaban J connectivity index is 1.57. The number of amides is 1. The van der Waals surface area contributed by atoms with E-state index in [0.29, 0.717) is 28.8 Å². The van der Waals surface area contributed by atoms with E-state index < -0.39 is 0 Å². The molecule has 0 unspecified atom stereocenters. The van der Waals surface area contributed by atoms with Gasteiger partial charge in [-0.15, -0.1) is 0 Å². The molecular weight excluding hydrogens is 266 g/mol. The maximum atomic E-state index is 11.8. The zero-order valence-electron chi connectivity index (χ0n) is 11.7. The lowest BCUT2D eigenvalue weighted by molar-refractivity contribution is 0.0955. The Labute approximate surface area is 122 Å². The number of hydrogen-bond acceptors (Lipinski definition) is 4. The van der Waals surface area contributed by atoms with E-state index >= 15 is 0 Å². The van der Waals surface area contributed by atoms with Crippen LogP contribution in [0.1, 0.15) is 41.1 Å². The summed E-state index contributed by atoms with van der Waals surface area (Å²) in [7, 11) is 0. The predicted molar refractivity (Wildman–Crippen MR) is 81.1 cm³/mol. The SMILES string of the molecule is C[C@H]1C[C@@H]1c1ccc(/C=N\NC(=O)c2ccc(N)cc2)o1. The van der Waals surface area contributed by atoms with Crippen molar-refractivity contribution in [2.45, 2.75) is 19.3 Å². The molecule has 1 fully saturated rings. The topological polar surface area (TPSA) is 80.6 Å². The number of hydrogen-bond donors (Lipinski definition) is 2. The van der Waals surface area contributed by atoms with Crippen LogP contribution >= 0.6 is 0 Å². The van der Waals surface area contributed by atoms with Crippen molar-refractivity contribution in [1.82, 2.24) is 5.43 Å². The van der Waals surface area contributed by atoms with Crippen LogP contribution in [0.15, 0.2) is 45.9 Å². The highest BCUT2D eigenvalue weighted by molar-refractivity contribution is 5.94. The molecule has 3 rings (SSSR count). The van der Waals surface area contributed by atoms with Crippen LogP contribution in [-0.2, 0) is 0 Å². The number of anilines is 1. The summed E-state index contributed by atoms with van der Waals surface area (Å²) in [6.07, 6.45) is 2.68. The van der Waals surface area contributed by atoms with Crippen molar-refractivity contribution >= 4 is 17.8 Å². The molecule has 0 saturated heterocycles. The minimum absolute atomic E-state index is 0.283. The molecule has 1 aliphatic rings. The fourth-order valence-corrected chi connectivity index (χ4v) is 2.21. The molecule has 1 aromatic carbocycles. The zero-order valence-corrected chi connectivity index (χ0v) is 11.7. The van der Waals surface area contributed by atoms with Gasteiger partial charge in [0.2, 0.25) is 0 Å². The Kier molecular flexibility index (Phi) is 3.48. The predicted octanol–water partition coefficient (Wildman–Crippen LogP) is 2.75. The third-order valence-corrected chi connectivity index (χ3v) is 3.65. The summed E-state index contributed by atoms with van der Waals surface area (Å²) in [5.74, 6) is 2.59. The molecule has 2 aromatic rings. The number of benzene rings is 1. The van der Waals surface area contributed by atoms with Crippen molar-refractivity contribution in [2.24, 2.45) is 11.0 Å². The standard InChI is InChI=1S/C16H17N3O2/c1-10-8-14(10)15-7-6-13(21-15)9-18-19-16(20)11-2-4-12(17)5-3-11/h2-7,9-10,14H,8,17H2,1H3,(H,19,20)/b18-9-/t10-,14-/m0/s1. The molecule has 1 aromatic heterocycles. The molecule has 1 heterocycles. The van der Waals surface area contributed by atoms with Crippen LogP contribution in [0.25, 0.3) is 0 Å². The van der Waals surface area contributed by atoms with Gasteiger partial charge in [-0.25, -0.2) is 5.43 Å². The van der Waals surface area contributed by atoms with E-state index in [9.17, 15) is 4.79 Å². The van der Waals surface area contributed by atoms with E-state index in [1.54, 1.807) is 24.3 Å². The number of hydrazone groups is 1. The quantitative estimate of drug-likeness (QED) is 0.514. The number of furan rings is 1. The second-order valence-corrected chi connectivity index (χ2v) is 5.38. The molecule has 0 bridgehead atoms. The first-order chi connectivity index (χ1) is 10.1. The van der Waals surface area contributed by atoms with Crippen LogP contribution in [0.3, 0.4) is 0 Å². The molecule has 5 heteroatoms. The van der Waals surface area contributed by atoms with Crippen molar-refractivity contribution in [3.8, 4) is 0 Å². The fourth-order valence-electron chi connectivity index (χ4n) is 2.21. The van der Waals surface area contributed by atoms with Crippen molar-refractivity contribution in [3.05, 3.63) is 53.5 Å². The molecule has 21 heavy (non-hydrogen) atoms. The van der Waals surface area contributed by atoms with Crippen molar-refractivity contribution < 1.29 is 9.21 Å². The van der Waals surface area contributed by atoms with Gasteiger partial charge < -0.3 is 10.2 Å². The second kappa shape index (κ2) is 5.44. The van der Waals surface area contributed by atoms with Crippen molar-refractivity contribution in [2.75, 3.05) is 5.73 Å². The lowest BCUT2D eigenvalue weighted by Gasteiger charge is -1.99. The van der Waals surface area contributed by atoms with E-state index in [4.69, 9.17) is 10.2 Å². The van der Waals surface area contributed by atoms with Gasteiger partial charge in [0.05, 0.1) is 6.21 Å². The fraction of sp³-hybridized carbons (Fsp3) is 0.250. The highest BCUT2D eigenvalue weighted by Gasteiger charge is 2.36. The summed E-state index contributed by atoms with van der Waals surface area (Å²) in [5.41, 5.74) is 9.16. The van der Waals surface area contributed by atoms with Crippen LogP contribution in [0.4, 0.5) is 5.69 Å². The minimum Gasteiger partial charge on any atom is -0.460 e. The van der Waals surface area contributed by atoms with Crippen molar-refractivity contribution in [1.29, 1.82) is 0 Å².